The van der Waals surface area contributed by atoms with Crippen LogP contribution in [0.2, 0.25) is 0 Å². The molecule has 1 aliphatic rings. The normalized spacial score (nSPS) is 16.0. The highest BCUT2D eigenvalue weighted by Crippen LogP contribution is 2.25. The number of nitrogens with zero attached hydrogens (tertiary/aromatic N) is 5. The number of nitrogen functional groups attached to an aromatic ring is 1. The van der Waals surface area contributed by atoms with E-state index in [9.17, 15) is 4.79 Å². The molecule has 0 aliphatic carbocycles. The first-order valence-corrected chi connectivity index (χ1v) is 7.80. The van der Waals surface area contributed by atoms with Gasteiger partial charge in [-0.2, -0.15) is 0 Å². The van der Waals surface area contributed by atoms with Gasteiger partial charge < -0.3 is 20.6 Å². The van der Waals surface area contributed by atoms with Crippen LogP contribution in [-0.2, 0) is 0 Å². The number of aromatic carboxylic acids is 1. The van der Waals surface area contributed by atoms with Gasteiger partial charge in [-0.15, -0.1) is 0 Å². The smallest absolute Gasteiger partial charge is 0.354 e. The summed E-state index contributed by atoms with van der Waals surface area (Å²) in [4.78, 5) is 28.2. The van der Waals surface area contributed by atoms with Gasteiger partial charge in [-0.05, 0) is 32.1 Å². The maximum Gasteiger partial charge on any atom is 0.354 e. The number of anilines is 2. The number of rotatable bonds is 3. The van der Waals surface area contributed by atoms with Crippen LogP contribution in [-0.4, -0.2) is 64.2 Å². The SMILES string of the molecule is CN1CCCN(c2nc(-c3ccnc(C(=O)O)c3)cnc2N)CC1. The molecule has 0 spiro atoms. The summed E-state index contributed by atoms with van der Waals surface area (Å²) in [5.74, 6) is -0.0386. The molecule has 0 radical (unpaired) electrons. The van der Waals surface area contributed by atoms with Crippen LogP contribution >= 0.6 is 0 Å². The molecule has 1 aliphatic heterocycles. The molecule has 2 aromatic heterocycles. The lowest BCUT2D eigenvalue weighted by molar-refractivity contribution is 0.0690. The van der Waals surface area contributed by atoms with E-state index in [-0.39, 0.29) is 5.69 Å². The topological polar surface area (TPSA) is 108 Å². The Labute approximate surface area is 140 Å². The number of nitrogens with two attached hydrogens (primary N) is 1. The molecule has 8 nitrogen and oxygen atoms in total. The summed E-state index contributed by atoms with van der Waals surface area (Å²) in [7, 11) is 2.10. The minimum absolute atomic E-state index is 0.0240. The van der Waals surface area contributed by atoms with Crippen molar-refractivity contribution in [2.45, 2.75) is 6.42 Å². The number of hydrogen-bond donors (Lipinski definition) is 2. The van der Waals surface area contributed by atoms with E-state index in [1.807, 2.05) is 0 Å². The Balaban J connectivity index is 1.94. The first-order chi connectivity index (χ1) is 11.5. The molecule has 0 amide bonds. The quantitative estimate of drug-likeness (QED) is 0.857. The van der Waals surface area contributed by atoms with Crippen LogP contribution in [0.4, 0.5) is 11.6 Å². The Bertz CT molecular complexity index is 751. The first kappa shape index (κ1) is 16.1. The summed E-state index contributed by atoms with van der Waals surface area (Å²) in [6, 6.07) is 3.20. The Morgan fingerprint density at radius 1 is 1.25 bits per heavy atom. The van der Waals surface area contributed by atoms with E-state index in [1.54, 1.807) is 12.3 Å². The Morgan fingerprint density at radius 2 is 2.08 bits per heavy atom. The summed E-state index contributed by atoms with van der Waals surface area (Å²) in [5, 5.41) is 9.08. The molecular weight excluding hydrogens is 308 g/mol. The van der Waals surface area contributed by atoms with Crippen molar-refractivity contribution in [2.75, 3.05) is 43.9 Å². The van der Waals surface area contributed by atoms with Crippen molar-refractivity contribution in [1.29, 1.82) is 0 Å². The van der Waals surface area contributed by atoms with Crippen LogP contribution < -0.4 is 10.6 Å². The van der Waals surface area contributed by atoms with Gasteiger partial charge in [0.2, 0.25) is 0 Å². The Hall–Kier alpha value is -2.74. The van der Waals surface area contributed by atoms with Crippen LogP contribution in [0, 0.1) is 0 Å². The van der Waals surface area contributed by atoms with Gasteiger partial charge in [-0.1, -0.05) is 0 Å². The van der Waals surface area contributed by atoms with E-state index < -0.39 is 5.97 Å². The molecule has 1 fully saturated rings. The van der Waals surface area contributed by atoms with E-state index in [1.165, 1.54) is 12.3 Å². The Morgan fingerprint density at radius 3 is 2.88 bits per heavy atom. The average Bonchev–Trinajstić information content (AvgIpc) is 2.80. The molecule has 0 saturated carbocycles. The number of pyridine rings is 1. The zero-order valence-electron chi connectivity index (χ0n) is 13.5. The minimum Gasteiger partial charge on any atom is -0.477 e. The lowest BCUT2D eigenvalue weighted by atomic mass is 10.1. The maximum absolute atomic E-state index is 11.1. The fraction of sp³-hybridized carbons (Fsp3) is 0.375. The van der Waals surface area contributed by atoms with Crippen LogP contribution in [0.5, 0.6) is 0 Å². The van der Waals surface area contributed by atoms with Gasteiger partial charge in [0.25, 0.3) is 0 Å². The lowest BCUT2D eigenvalue weighted by Crippen LogP contribution is -2.30. The largest absolute Gasteiger partial charge is 0.477 e. The van der Waals surface area contributed by atoms with E-state index >= 15 is 0 Å². The predicted molar refractivity (Wildman–Crippen MR) is 91.0 cm³/mol. The number of carboxylic acids is 1. The summed E-state index contributed by atoms with van der Waals surface area (Å²) in [6.45, 7) is 3.67. The second kappa shape index (κ2) is 6.79. The second-order valence-corrected chi connectivity index (χ2v) is 5.84. The third kappa shape index (κ3) is 3.43. The van der Waals surface area contributed by atoms with Gasteiger partial charge in [0.1, 0.15) is 5.69 Å². The van der Waals surface area contributed by atoms with Crippen molar-refractivity contribution in [3.63, 3.8) is 0 Å². The number of aromatic nitrogens is 3. The molecular formula is C16H20N6O2. The molecule has 0 aromatic carbocycles. The average molecular weight is 328 g/mol. The molecule has 0 unspecified atom stereocenters. The standard InChI is InChI=1S/C16H20N6O2/c1-21-5-2-6-22(8-7-21)15-14(17)19-10-13(20-15)11-3-4-18-12(9-11)16(23)24/h3-4,9-10H,2,5-8H2,1H3,(H2,17,19)(H,23,24). The first-order valence-electron chi connectivity index (χ1n) is 7.80. The zero-order valence-corrected chi connectivity index (χ0v) is 13.5. The predicted octanol–water partition coefficient (Wildman–Crippen LogP) is 0.961. The lowest BCUT2D eigenvalue weighted by Gasteiger charge is -2.23. The number of likely N-dealkylation sites (N-methyl/N-ethyl adjacent to an activating group) is 1. The molecule has 2 aromatic rings. The van der Waals surface area contributed by atoms with Gasteiger partial charge >= 0.3 is 5.97 Å². The molecule has 8 heteroatoms. The number of hydrogen-bond acceptors (Lipinski definition) is 7. The maximum atomic E-state index is 11.1. The van der Waals surface area contributed by atoms with E-state index in [0.29, 0.717) is 22.9 Å². The highest BCUT2D eigenvalue weighted by atomic mass is 16.4. The van der Waals surface area contributed by atoms with Gasteiger partial charge in [0.05, 0.1) is 11.9 Å². The van der Waals surface area contributed by atoms with Crippen LogP contribution in [0.1, 0.15) is 16.9 Å². The van der Waals surface area contributed by atoms with Gasteiger partial charge in [0, 0.05) is 31.4 Å². The molecule has 126 valence electrons. The van der Waals surface area contributed by atoms with Crippen molar-refractivity contribution in [2.24, 2.45) is 0 Å². The molecule has 3 heterocycles. The van der Waals surface area contributed by atoms with Crippen molar-refractivity contribution < 1.29 is 9.90 Å². The fourth-order valence-electron chi connectivity index (χ4n) is 2.73. The van der Waals surface area contributed by atoms with Crippen molar-refractivity contribution in [1.82, 2.24) is 19.9 Å². The van der Waals surface area contributed by atoms with E-state index in [2.05, 4.69) is 31.8 Å². The summed E-state index contributed by atoms with van der Waals surface area (Å²) >= 11 is 0. The fourth-order valence-corrected chi connectivity index (χ4v) is 2.73. The van der Waals surface area contributed by atoms with Gasteiger partial charge in [0.15, 0.2) is 11.6 Å². The monoisotopic (exact) mass is 328 g/mol. The van der Waals surface area contributed by atoms with Crippen LogP contribution in [0.25, 0.3) is 11.3 Å². The zero-order chi connectivity index (χ0) is 17.1. The van der Waals surface area contributed by atoms with Crippen molar-refractivity contribution >= 4 is 17.6 Å². The third-order valence-corrected chi connectivity index (χ3v) is 4.08. The van der Waals surface area contributed by atoms with Gasteiger partial charge in [-0.25, -0.2) is 19.7 Å². The molecule has 3 N–H and O–H groups in total. The minimum atomic E-state index is -1.07. The highest BCUT2D eigenvalue weighted by molar-refractivity contribution is 5.86. The molecule has 0 atom stereocenters. The van der Waals surface area contributed by atoms with Gasteiger partial charge in [-0.3, -0.25) is 0 Å². The van der Waals surface area contributed by atoms with E-state index in [0.717, 1.165) is 32.6 Å². The highest BCUT2D eigenvalue weighted by Gasteiger charge is 2.18. The molecule has 24 heavy (non-hydrogen) atoms. The number of carbonyl (C=O) groups is 1. The van der Waals surface area contributed by atoms with Crippen molar-refractivity contribution in [3.8, 4) is 11.3 Å². The second-order valence-electron chi connectivity index (χ2n) is 5.84. The summed E-state index contributed by atoms with van der Waals surface area (Å²) in [6.07, 6.45) is 4.04. The van der Waals surface area contributed by atoms with Crippen LogP contribution in [0.3, 0.4) is 0 Å². The summed E-state index contributed by atoms with van der Waals surface area (Å²) < 4.78 is 0. The molecule has 0 bridgehead atoms. The third-order valence-electron chi connectivity index (χ3n) is 4.08. The summed E-state index contributed by atoms with van der Waals surface area (Å²) in [5.41, 5.74) is 7.24. The molecule has 1 saturated heterocycles. The molecule has 3 rings (SSSR count). The van der Waals surface area contributed by atoms with Crippen LogP contribution in [0.15, 0.2) is 24.5 Å². The van der Waals surface area contributed by atoms with E-state index in [4.69, 9.17) is 10.8 Å². The number of carboxylic acid groups (broad SMARTS) is 1. The Kier molecular flexibility index (Phi) is 4.57. The van der Waals surface area contributed by atoms with Crippen molar-refractivity contribution in [3.05, 3.63) is 30.2 Å².